The zero-order chi connectivity index (χ0) is 17.6. The first-order chi connectivity index (χ1) is 12.0. The number of aryl methyl sites for hydroxylation is 1. The molecule has 0 bridgehead atoms. The van der Waals surface area contributed by atoms with Gasteiger partial charge in [0.2, 0.25) is 0 Å². The van der Waals surface area contributed by atoms with Gasteiger partial charge < -0.3 is 21.6 Å². The minimum Gasteiger partial charge on any atom is -0.451 e. The van der Waals surface area contributed by atoms with Crippen LogP contribution in [0.3, 0.4) is 0 Å². The van der Waals surface area contributed by atoms with Crippen molar-refractivity contribution in [3.63, 3.8) is 0 Å². The van der Waals surface area contributed by atoms with Gasteiger partial charge in [-0.1, -0.05) is 13.0 Å². The maximum Gasteiger partial charge on any atom is 0.184 e. The van der Waals surface area contributed by atoms with Gasteiger partial charge in [-0.2, -0.15) is 0 Å². The molecule has 0 unspecified atom stereocenters. The number of benzene rings is 1. The molecule has 3 nitrogen and oxygen atoms in total. The van der Waals surface area contributed by atoms with Crippen LogP contribution in [0.2, 0.25) is 0 Å². The third kappa shape index (κ3) is 3.64. The molecule has 1 aromatic rings. The molecule has 145 valence electrons. The van der Waals surface area contributed by atoms with E-state index in [2.05, 4.69) is 19.1 Å². The molecule has 5 atom stereocenters. The number of aliphatic hydroxyl groups excluding tert-OH is 1. The van der Waals surface area contributed by atoms with Gasteiger partial charge in [0.1, 0.15) is 5.75 Å². The van der Waals surface area contributed by atoms with Crippen LogP contribution >= 0.6 is 11.8 Å². The first-order valence-electron chi connectivity index (χ1n) is 9.41. The standard InChI is InChI=1S/C21H27O3S.Re.Rf/c1-21-10-9-16-15-6-4-14(24-20(23)12-25-2)11-13(15)3-5-17(16)18(21)7-8-19(21)22;;/h4,6,11-12,16-19,22H,3,5,7-10H2,1-2H3;;/q-1;;/t16-,17-,18+,19+,21+;;/m1../s1. The van der Waals surface area contributed by atoms with Crippen molar-refractivity contribution >= 4 is 17.7 Å². The molecule has 2 fully saturated rings. The maximum absolute atomic E-state index is 11.7. The SMILES string of the molecule is CS[CH-]C(=O)Oc1ccc2c(c1)CC[C@@H]1[C@@H]2CC[C@]2(C)[C@@H](O)CC[C@@H]12.[Re].[Rf]. The number of hydrogen-bond donors (Lipinski definition) is 1. The van der Waals surface area contributed by atoms with Gasteiger partial charge in [0.25, 0.3) is 0 Å². The van der Waals surface area contributed by atoms with Gasteiger partial charge in [0.05, 0.1) is 6.10 Å². The number of ether oxygens (including phenoxy) is 1. The summed E-state index contributed by atoms with van der Waals surface area (Å²) in [5.74, 6) is 3.81. The normalized spacial score (nSPS) is 33.4. The molecule has 0 heterocycles. The van der Waals surface area contributed by atoms with Crippen LogP contribution in [0.4, 0.5) is 0 Å². The van der Waals surface area contributed by atoms with Crippen LogP contribution in [-0.2, 0) is 31.6 Å². The van der Waals surface area contributed by atoms with Crippen molar-refractivity contribution in [1.29, 1.82) is 0 Å². The van der Waals surface area contributed by atoms with Crippen LogP contribution in [0.15, 0.2) is 18.2 Å². The predicted molar refractivity (Wildman–Crippen MR) is 101 cm³/mol. The summed E-state index contributed by atoms with van der Waals surface area (Å²) < 4.78 is 5.41. The molecule has 0 amide bonds. The zero-order valence-corrected chi connectivity index (χ0v) is 26.1. The molecular weight excluding hydrogens is 786 g/mol. The Bertz CT molecular complexity index is 685. The maximum atomic E-state index is 11.7. The Hall–Kier alpha value is -1.47. The van der Waals surface area contributed by atoms with E-state index in [4.69, 9.17) is 4.74 Å². The topological polar surface area (TPSA) is 46.5 Å². The van der Waals surface area contributed by atoms with Gasteiger partial charge in [-0.3, -0.25) is 4.79 Å². The summed E-state index contributed by atoms with van der Waals surface area (Å²) >= 11 is 1.36. The van der Waals surface area contributed by atoms with Gasteiger partial charge in [-0.05, 0) is 91.2 Å². The van der Waals surface area contributed by atoms with E-state index in [0.717, 1.165) is 19.3 Å². The second-order valence-corrected chi connectivity index (χ2v) is 8.90. The van der Waals surface area contributed by atoms with E-state index in [9.17, 15) is 9.90 Å². The van der Waals surface area contributed by atoms with Gasteiger partial charge in [-0.25, -0.2) is 5.75 Å². The Morgan fingerprint density at radius 2 is 2.07 bits per heavy atom. The van der Waals surface area contributed by atoms with E-state index >= 15 is 0 Å². The van der Waals surface area contributed by atoms with Gasteiger partial charge in [0.15, 0.2) is 5.97 Å². The Labute approximate surface area is 174 Å². The second kappa shape index (κ2) is 8.27. The third-order valence-electron chi connectivity index (χ3n) is 7.08. The molecule has 1 N–H and O–H groups in total. The fraction of sp³-hybridized carbons (Fsp3) is 0.619. The Balaban J connectivity index is 0.00000131. The van der Waals surface area contributed by atoms with Crippen LogP contribution in [0, 0.1) is 23.0 Å². The summed E-state index contributed by atoms with van der Waals surface area (Å²) in [6, 6.07) is 6.20. The Morgan fingerprint density at radius 1 is 1.30 bits per heavy atom. The average Bonchev–Trinajstić information content (AvgIpc) is 2.90. The van der Waals surface area contributed by atoms with Crippen molar-refractivity contribution in [3.8, 4) is 5.75 Å². The molecule has 3 aliphatic rings. The largest absolute Gasteiger partial charge is 0.451 e. The van der Waals surface area contributed by atoms with E-state index in [1.54, 1.807) is 0 Å². The molecule has 1 radical (unpaired) electrons. The quantitative estimate of drug-likeness (QED) is 0.281. The smallest absolute Gasteiger partial charge is 0.184 e. The van der Waals surface area contributed by atoms with Gasteiger partial charge >= 0.3 is 0 Å². The number of carbonyl (C=O) groups is 1. The van der Waals surface area contributed by atoms with Crippen molar-refractivity contribution in [2.24, 2.45) is 17.3 Å². The van der Waals surface area contributed by atoms with Crippen molar-refractivity contribution in [2.45, 2.75) is 57.5 Å². The van der Waals surface area contributed by atoms with Gasteiger partial charge in [-0.15, -0.1) is 0 Å². The van der Waals surface area contributed by atoms with Crippen LogP contribution in [0.1, 0.15) is 56.1 Å². The zero-order valence-electron chi connectivity index (χ0n) is 16.1. The fourth-order valence-corrected chi connectivity index (χ4v) is 6.07. The van der Waals surface area contributed by atoms with Crippen molar-refractivity contribution < 1.29 is 35.1 Å². The second-order valence-electron chi connectivity index (χ2n) is 8.19. The molecule has 0 spiro atoms. The first kappa shape index (κ1) is 21.8. The summed E-state index contributed by atoms with van der Waals surface area (Å²) in [4.78, 5) is 11.7. The summed E-state index contributed by atoms with van der Waals surface area (Å²) in [5, 5.41) is 10.5. The van der Waals surface area contributed by atoms with Crippen molar-refractivity contribution in [1.82, 2.24) is 0 Å². The number of hydrogen-bond acceptors (Lipinski definition) is 4. The van der Waals surface area contributed by atoms with Crippen LogP contribution < -0.4 is 4.74 Å². The minimum absolute atomic E-state index is 0. The number of fused-ring (bicyclic) bond motifs is 5. The minimum atomic E-state index is -0.297. The van der Waals surface area contributed by atoms with Gasteiger partial charge in [0, 0.05) is 20.4 Å². The Morgan fingerprint density at radius 3 is 2.81 bits per heavy atom. The van der Waals surface area contributed by atoms with E-state index in [0.29, 0.717) is 23.5 Å². The molecule has 3 aliphatic carbocycles. The summed E-state index contributed by atoms with van der Waals surface area (Å²) in [6.07, 6.45) is 8.42. The monoisotopic (exact) mass is 813 g/mol. The number of aliphatic hydroxyl groups is 1. The van der Waals surface area contributed by atoms with Crippen LogP contribution in [-0.4, -0.2) is 23.4 Å². The molecule has 6 heteroatoms. The molecule has 2 saturated carbocycles. The summed E-state index contributed by atoms with van der Waals surface area (Å²) in [7, 11) is 0. The van der Waals surface area contributed by atoms with Crippen LogP contribution in [0.25, 0.3) is 0 Å². The molecule has 0 aromatic heterocycles. The van der Waals surface area contributed by atoms with Crippen molar-refractivity contribution in [2.75, 3.05) is 6.26 Å². The molecular formula is C21H27O3ReRfS-. The van der Waals surface area contributed by atoms with Crippen molar-refractivity contribution in [3.05, 3.63) is 35.1 Å². The summed E-state index contributed by atoms with van der Waals surface area (Å²) in [5.41, 5.74) is 2.92. The van der Waals surface area contributed by atoms with Crippen LogP contribution in [0.5, 0.6) is 5.75 Å². The number of rotatable bonds is 3. The molecule has 1 aromatic carbocycles. The van der Waals surface area contributed by atoms with E-state index in [-0.39, 0.29) is 37.9 Å². The molecule has 4 rings (SSSR count). The summed E-state index contributed by atoms with van der Waals surface area (Å²) in [6.45, 7) is 2.31. The average molecular weight is 813 g/mol. The Kier molecular flexibility index (Phi) is 6.69. The number of carbonyl (C=O) groups excluding carboxylic acids is 1. The molecule has 0 aliphatic heterocycles. The first-order valence-corrected chi connectivity index (χ1v) is 10.7. The van der Waals surface area contributed by atoms with E-state index in [1.807, 2.05) is 12.3 Å². The fourth-order valence-electron chi connectivity index (χ4n) is 5.83. The number of esters is 1. The van der Waals surface area contributed by atoms with E-state index in [1.165, 1.54) is 47.9 Å². The predicted octanol–water partition coefficient (Wildman–Crippen LogP) is 4.33. The molecule has 0 saturated heterocycles. The number of thioether (sulfide) groups is 1. The third-order valence-corrected chi connectivity index (χ3v) is 7.51. The van der Waals surface area contributed by atoms with E-state index < -0.39 is 0 Å². The molecule has 27 heavy (non-hydrogen) atoms.